The Morgan fingerprint density at radius 3 is 2.00 bits per heavy atom. The first kappa shape index (κ1) is 23.9. The van der Waals surface area contributed by atoms with E-state index < -0.39 is 0 Å². The molecule has 1 saturated carbocycles. The molecule has 0 aromatic heterocycles. The van der Waals surface area contributed by atoms with Crippen LogP contribution in [0.5, 0.6) is 0 Å². The molecule has 0 aromatic rings. The lowest BCUT2D eigenvalue weighted by Gasteiger charge is -2.48. The third-order valence-electron chi connectivity index (χ3n) is 6.77. The highest BCUT2D eigenvalue weighted by Gasteiger charge is 2.42. The molecule has 1 rings (SSSR count). The smallest absolute Gasteiger partial charge is 0.00981 e. The molecule has 0 bridgehead atoms. The van der Waals surface area contributed by atoms with Crippen LogP contribution in [0.4, 0.5) is 0 Å². The van der Waals surface area contributed by atoms with E-state index in [4.69, 9.17) is 5.73 Å². The molecule has 2 nitrogen and oxygen atoms in total. The predicted molar refractivity (Wildman–Crippen MR) is 108 cm³/mol. The lowest BCUT2D eigenvalue weighted by Crippen LogP contribution is -2.48. The Balaban J connectivity index is 0.00000529. The topological polar surface area (TPSA) is 57.5 Å². The van der Waals surface area contributed by atoms with Gasteiger partial charge >= 0.3 is 0 Å². The molecular weight excluding hydrogens is 294 g/mol. The highest BCUT2D eigenvalue weighted by Crippen LogP contribution is 2.48. The summed E-state index contributed by atoms with van der Waals surface area (Å²) in [6, 6.07) is 0.447. The molecule has 0 radical (unpaired) electrons. The van der Waals surface area contributed by atoms with Crippen LogP contribution >= 0.6 is 0 Å². The molecular formula is C22H47NO. The van der Waals surface area contributed by atoms with Gasteiger partial charge in [0, 0.05) is 6.04 Å². The van der Waals surface area contributed by atoms with Crippen LogP contribution in [0.1, 0.15) is 124 Å². The zero-order valence-corrected chi connectivity index (χ0v) is 17.0. The van der Waals surface area contributed by atoms with Crippen molar-refractivity contribution < 1.29 is 5.48 Å². The summed E-state index contributed by atoms with van der Waals surface area (Å²) in [6.07, 6.45) is 22.3. The van der Waals surface area contributed by atoms with Gasteiger partial charge in [-0.1, -0.05) is 97.8 Å². The zero-order valence-electron chi connectivity index (χ0n) is 17.0. The first-order chi connectivity index (χ1) is 11.2. The monoisotopic (exact) mass is 341 g/mol. The number of unbranched alkanes of at least 4 members (excludes halogenated alkanes) is 8. The van der Waals surface area contributed by atoms with Crippen LogP contribution in [0, 0.1) is 11.3 Å². The van der Waals surface area contributed by atoms with E-state index in [9.17, 15) is 0 Å². The average molecular weight is 342 g/mol. The number of hydrogen-bond donors (Lipinski definition) is 1. The summed E-state index contributed by atoms with van der Waals surface area (Å²) in [5.74, 6) is 0.884. The number of hydrogen-bond acceptors (Lipinski definition) is 1. The molecule has 0 heterocycles. The molecule has 1 aliphatic rings. The van der Waals surface area contributed by atoms with E-state index in [0.717, 1.165) is 5.92 Å². The van der Waals surface area contributed by atoms with Gasteiger partial charge in [-0.3, -0.25) is 0 Å². The summed E-state index contributed by atoms with van der Waals surface area (Å²) in [5, 5.41) is 0. The van der Waals surface area contributed by atoms with Gasteiger partial charge in [-0.05, 0) is 37.0 Å². The highest BCUT2D eigenvalue weighted by atomic mass is 16.0. The van der Waals surface area contributed by atoms with Gasteiger partial charge in [0.05, 0.1) is 0 Å². The van der Waals surface area contributed by atoms with Crippen LogP contribution < -0.4 is 5.73 Å². The van der Waals surface area contributed by atoms with E-state index in [0.29, 0.717) is 11.5 Å². The number of nitrogens with two attached hydrogens (primary N) is 1. The Morgan fingerprint density at radius 2 is 1.46 bits per heavy atom. The summed E-state index contributed by atoms with van der Waals surface area (Å²) >= 11 is 0. The lowest BCUT2D eigenvalue weighted by molar-refractivity contribution is 0.0494. The zero-order chi connectivity index (χ0) is 17.0. The second-order valence-corrected chi connectivity index (χ2v) is 8.16. The maximum atomic E-state index is 6.76. The first-order valence-corrected chi connectivity index (χ1v) is 11.0. The van der Waals surface area contributed by atoms with Gasteiger partial charge in [0.1, 0.15) is 0 Å². The van der Waals surface area contributed by atoms with Crippen LogP contribution in [0.2, 0.25) is 0 Å². The van der Waals surface area contributed by atoms with E-state index in [1.54, 1.807) is 0 Å². The molecule has 2 heteroatoms. The fourth-order valence-electron chi connectivity index (χ4n) is 5.13. The minimum Gasteiger partial charge on any atom is -0.412 e. The van der Waals surface area contributed by atoms with E-state index >= 15 is 0 Å². The van der Waals surface area contributed by atoms with E-state index in [-0.39, 0.29) is 5.48 Å². The van der Waals surface area contributed by atoms with Gasteiger partial charge in [0.2, 0.25) is 0 Å². The molecule has 146 valence electrons. The molecule has 3 atom stereocenters. The minimum absolute atomic E-state index is 0. The Kier molecular flexibility index (Phi) is 14.1. The van der Waals surface area contributed by atoms with Crippen LogP contribution in [0.25, 0.3) is 0 Å². The van der Waals surface area contributed by atoms with Crippen molar-refractivity contribution in [3.05, 3.63) is 0 Å². The summed E-state index contributed by atoms with van der Waals surface area (Å²) < 4.78 is 0. The fourth-order valence-corrected chi connectivity index (χ4v) is 5.13. The molecule has 0 saturated heterocycles. The molecule has 4 N–H and O–H groups in total. The molecule has 0 aliphatic heterocycles. The predicted octanol–water partition coefficient (Wildman–Crippen LogP) is 6.41. The Labute approximate surface area is 152 Å². The van der Waals surface area contributed by atoms with Gasteiger partial charge in [-0.25, -0.2) is 0 Å². The quantitative estimate of drug-likeness (QED) is 0.387. The van der Waals surface area contributed by atoms with Crippen molar-refractivity contribution in [2.24, 2.45) is 17.1 Å². The average Bonchev–Trinajstić information content (AvgIpc) is 2.59. The van der Waals surface area contributed by atoms with Crippen LogP contribution in [-0.4, -0.2) is 11.5 Å². The summed E-state index contributed by atoms with van der Waals surface area (Å²) in [7, 11) is 0. The first-order valence-electron chi connectivity index (χ1n) is 11.0. The maximum Gasteiger partial charge on any atom is 0.00981 e. The van der Waals surface area contributed by atoms with Gasteiger partial charge < -0.3 is 11.2 Å². The summed E-state index contributed by atoms with van der Waals surface area (Å²) in [4.78, 5) is 0. The standard InChI is InChI=1S/C22H45N.H2O/c1-4-7-8-9-10-11-12-13-14-18-21(23)22(6-3)19-16-15-17-20(22)5-2;/h20-21H,4-19,23H2,1-3H3;1H2. The molecule has 0 amide bonds. The Morgan fingerprint density at radius 1 is 0.875 bits per heavy atom. The van der Waals surface area contributed by atoms with Crippen molar-refractivity contribution in [1.82, 2.24) is 0 Å². The van der Waals surface area contributed by atoms with Crippen LogP contribution in [-0.2, 0) is 0 Å². The fraction of sp³-hybridized carbons (Fsp3) is 1.00. The minimum atomic E-state index is 0. The molecule has 0 aromatic carbocycles. The van der Waals surface area contributed by atoms with Crippen LogP contribution in [0.15, 0.2) is 0 Å². The Bertz CT molecular complexity index is 281. The van der Waals surface area contributed by atoms with Crippen LogP contribution in [0.3, 0.4) is 0 Å². The van der Waals surface area contributed by atoms with E-state index in [2.05, 4.69) is 20.8 Å². The van der Waals surface area contributed by atoms with Gasteiger partial charge in [-0.15, -0.1) is 0 Å². The summed E-state index contributed by atoms with van der Waals surface area (Å²) in [6.45, 7) is 7.07. The van der Waals surface area contributed by atoms with Gasteiger partial charge in [-0.2, -0.15) is 0 Å². The van der Waals surface area contributed by atoms with Crippen molar-refractivity contribution in [2.75, 3.05) is 0 Å². The normalized spacial score (nSPS) is 25.2. The molecule has 1 aliphatic carbocycles. The largest absolute Gasteiger partial charge is 0.412 e. The lowest BCUT2D eigenvalue weighted by atomic mass is 9.59. The number of rotatable bonds is 13. The van der Waals surface area contributed by atoms with Gasteiger partial charge in [0.25, 0.3) is 0 Å². The summed E-state index contributed by atoms with van der Waals surface area (Å²) in [5.41, 5.74) is 7.22. The third kappa shape index (κ3) is 7.44. The molecule has 3 unspecified atom stereocenters. The van der Waals surface area contributed by atoms with Crippen molar-refractivity contribution >= 4 is 0 Å². The molecule has 1 fully saturated rings. The Hall–Kier alpha value is -0.0800. The van der Waals surface area contributed by atoms with Crippen molar-refractivity contribution in [1.29, 1.82) is 0 Å². The van der Waals surface area contributed by atoms with Gasteiger partial charge in [0.15, 0.2) is 0 Å². The SMILES string of the molecule is CCCCCCCCCCCC(N)C1(CC)CCCCC1CC.O. The second-order valence-electron chi connectivity index (χ2n) is 8.16. The van der Waals surface area contributed by atoms with Crippen molar-refractivity contribution in [2.45, 2.75) is 130 Å². The molecule has 0 spiro atoms. The van der Waals surface area contributed by atoms with Crippen molar-refractivity contribution in [3.63, 3.8) is 0 Å². The third-order valence-corrected chi connectivity index (χ3v) is 6.77. The maximum absolute atomic E-state index is 6.76. The molecule has 24 heavy (non-hydrogen) atoms. The van der Waals surface area contributed by atoms with E-state index in [1.165, 1.54) is 103 Å². The van der Waals surface area contributed by atoms with Crippen molar-refractivity contribution in [3.8, 4) is 0 Å². The highest BCUT2D eigenvalue weighted by molar-refractivity contribution is 4.95. The van der Waals surface area contributed by atoms with E-state index in [1.807, 2.05) is 0 Å². The second kappa shape index (κ2) is 14.1.